The third-order valence-corrected chi connectivity index (χ3v) is 5.79. The van der Waals surface area contributed by atoms with Crippen molar-refractivity contribution in [2.45, 2.75) is 20.3 Å². The van der Waals surface area contributed by atoms with Crippen LogP contribution >= 0.6 is 24.0 Å². The maximum atomic E-state index is 12.6. The fraction of sp³-hybridized carbons (Fsp3) is 0.190. The number of anilines is 1. The van der Waals surface area contributed by atoms with Crippen LogP contribution in [0.15, 0.2) is 53.4 Å². The molecule has 6 heteroatoms. The molecule has 0 aromatic heterocycles. The first-order valence-electron chi connectivity index (χ1n) is 8.62. The molecule has 2 aromatic rings. The average Bonchev–Trinajstić information content (AvgIpc) is 2.91. The van der Waals surface area contributed by atoms with Gasteiger partial charge in [-0.1, -0.05) is 66.4 Å². The smallest absolute Gasteiger partial charge is 0.266 e. The second-order valence-electron chi connectivity index (χ2n) is 6.29. The van der Waals surface area contributed by atoms with Crippen LogP contribution in [0.4, 0.5) is 5.69 Å². The molecule has 0 saturated carbocycles. The van der Waals surface area contributed by atoms with E-state index in [9.17, 15) is 9.59 Å². The van der Waals surface area contributed by atoms with Gasteiger partial charge in [-0.05, 0) is 42.7 Å². The van der Waals surface area contributed by atoms with E-state index in [1.165, 1.54) is 16.7 Å². The minimum atomic E-state index is -0.145. The Morgan fingerprint density at radius 2 is 1.89 bits per heavy atom. The molecule has 0 atom stereocenters. The molecule has 1 aliphatic rings. The van der Waals surface area contributed by atoms with Crippen LogP contribution in [-0.2, 0) is 9.59 Å². The molecule has 1 saturated heterocycles. The Kier molecular flexibility index (Phi) is 6.08. The van der Waals surface area contributed by atoms with Gasteiger partial charge in [0.15, 0.2) is 0 Å². The van der Waals surface area contributed by atoms with Crippen LogP contribution in [0.1, 0.15) is 23.1 Å². The fourth-order valence-corrected chi connectivity index (χ4v) is 4.01. The van der Waals surface area contributed by atoms with Crippen molar-refractivity contribution >= 4 is 51.9 Å². The average molecular weight is 397 g/mol. The van der Waals surface area contributed by atoms with Gasteiger partial charge in [-0.25, -0.2) is 0 Å². The molecule has 0 aliphatic carbocycles. The van der Waals surface area contributed by atoms with Gasteiger partial charge < -0.3 is 5.32 Å². The zero-order valence-electron chi connectivity index (χ0n) is 15.2. The van der Waals surface area contributed by atoms with E-state index in [0.717, 1.165) is 22.4 Å². The Morgan fingerprint density at radius 1 is 1.15 bits per heavy atom. The van der Waals surface area contributed by atoms with Crippen molar-refractivity contribution in [1.29, 1.82) is 0 Å². The molecule has 0 unspecified atom stereocenters. The van der Waals surface area contributed by atoms with E-state index in [1.54, 1.807) is 0 Å². The van der Waals surface area contributed by atoms with Crippen molar-refractivity contribution in [3.05, 3.63) is 70.1 Å². The van der Waals surface area contributed by atoms with Crippen molar-refractivity contribution in [1.82, 2.24) is 4.90 Å². The van der Waals surface area contributed by atoms with Crippen LogP contribution in [-0.4, -0.2) is 27.6 Å². The number of aryl methyl sites for hydroxylation is 1. The highest BCUT2D eigenvalue weighted by molar-refractivity contribution is 8.26. The van der Waals surface area contributed by atoms with Gasteiger partial charge in [0.1, 0.15) is 4.32 Å². The lowest BCUT2D eigenvalue weighted by atomic mass is 10.1. The van der Waals surface area contributed by atoms with Crippen molar-refractivity contribution in [3.8, 4) is 0 Å². The molecule has 1 aliphatic heterocycles. The molecule has 27 heavy (non-hydrogen) atoms. The van der Waals surface area contributed by atoms with E-state index in [0.29, 0.717) is 9.23 Å². The van der Waals surface area contributed by atoms with Crippen molar-refractivity contribution < 1.29 is 9.59 Å². The number of carbonyl (C=O) groups excluding carboxylic acids is 2. The van der Waals surface area contributed by atoms with Crippen LogP contribution in [0, 0.1) is 13.8 Å². The van der Waals surface area contributed by atoms with Crippen LogP contribution < -0.4 is 5.32 Å². The van der Waals surface area contributed by atoms with Gasteiger partial charge in [-0.15, -0.1) is 0 Å². The van der Waals surface area contributed by atoms with E-state index in [-0.39, 0.29) is 24.8 Å². The first-order chi connectivity index (χ1) is 13.0. The summed E-state index contributed by atoms with van der Waals surface area (Å²) in [6.07, 6.45) is 2.02. The number of thioether (sulfide) groups is 1. The van der Waals surface area contributed by atoms with E-state index < -0.39 is 0 Å². The summed E-state index contributed by atoms with van der Waals surface area (Å²) in [4.78, 5) is 27.0. The summed E-state index contributed by atoms with van der Waals surface area (Å²) in [7, 11) is 0. The van der Waals surface area contributed by atoms with Gasteiger partial charge in [-0.3, -0.25) is 14.5 Å². The molecule has 0 radical (unpaired) electrons. The number of amides is 2. The van der Waals surface area contributed by atoms with Gasteiger partial charge in [0, 0.05) is 18.7 Å². The molecule has 4 nitrogen and oxygen atoms in total. The molecule has 3 rings (SSSR count). The number of carbonyl (C=O) groups is 2. The number of benzene rings is 2. The lowest BCUT2D eigenvalue weighted by Gasteiger charge is -2.15. The van der Waals surface area contributed by atoms with E-state index >= 15 is 0 Å². The minimum Gasteiger partial charge on any atom is -0.326 e. The Hall–Kier alpha value is -2.44. The number of thiocarbonyl (C=S) groups is 1. The number of rotatable bonds is 5. The standard InChI is InChI=1S/C21H20N2O2S2/c1-14-7-6-10-17(15(14)2)22-19(24)11-12-23-20(25)18(27-21(23)26)13-16-8-4-3-5-9-16/h3-10,13H,11-12H2,1-2H3,(H,22,24)/b18-13-. The lowest BCUT2D eigenvalue weighted by Crippen LogP contribution is -2.31. The molecule has 0 spiro atoms. The first-order valence-corrected chi connectivity index (χ1v) is 9.84. The van der Waals surface area contributed by atoms with Crippen LogP contribution in [0.3, 0.4) is 0 Å². The minimum absolute atomic E-state index is 0.134. The fourth-order valence-electron chi connectivity index (χ4n) is 2.71. The van der Waals surface area contributed by atoms with Gasteiger partial charge in [0.05, 0.1) is 4.91 Å². The SMILES string of the molecule is Cc1cccc(NC(=O)CCN2C(=O)/C(=C/c3ccccc3)SC2=S)c1C. The van der Waals surface area contributed by atoms with Gasteiger partial charge >= 0.3 is 0 Å². The predicted molar refractivity (Wildman–Crippen MR) is 115 cm³/mol. The van der Waals surface area contributed by atoms with Gasteiger partial charge in [0.2, 0.25) is 5.91 Å². The summed E-state index contributed by atoms with van der Waals surface area (Å²) in [5.41, 5.74) is 3.91. The number of hydrogen-bond donors (Lipinski definition) is 1. The molecular weight excluding hydrogens is 376 g/mol. The molecule has 138 valence electrons. The molecular formula is C21H20N2O2S2. The molecule has 2 amide bonds. The third kappa shape index (κ3) is 4.64. The third-order valence-electron chi connectivity index (χ3n) is 4.41. The topological polar surface area (TPSA) is 49.4 Å². The lowest BCUT2D eigenvalue weighted by molar-refractivity contribution is -0.122. The van der Waals surface area contributed by atoms with Crippen molar-refractivity contribution in [2.75, 3.05) is 11.9 Å². The maximum Gasteiger partial charge on any atom is 0.266 e. The summed E-state index contributed by atoms with van der Waals surface area (Å²) in [5, 5.41) is 2.91. The second kappa shape index (κ2) is 8.50. The Morgan fingerprint density at radius 3 is 2.63 bits per heavy atom. The number of hydrogen-bond acceptors (Lipinski definition) is 4. The Balaban J connectivity index is 1.61. The van der Waals surface area contributed by atoms with E-state index in [2.05, 4.69) is 5.32 Å². The van der Waals surface area contributed by atoms with Gasteiger partial charge in [-0.2, -0.15) is 0 Å². The quantitative estimate of drug-likeness (QED) is 0.596. The van der Waals surface area contributed by atoms with Crippen LogP contribution in [0.2, 0.25) is 0 Å². The normalized spacial score (nSPS) is 15.5. The van der Waals surface area contributed by atoms with E-state index in [1.807, 2.05) is 68.5 Å². The van der Waals surface area contributed by atoms with Crippen LogP contribution in [0.5, 0.6) is 0 Å². The van der Waals surface area contributed by atoms with Gasteiger partial charge in [0.25, 0.3) is 5.91 Å². The molecule has 2 aromatic carbocycles. The highest BCUT2D eigenvalue weighted by Crippen LogP contribution is 2.32. The summed E-state index contributed by atoms with van der Waals surface area (Å²) < 4.78 is 0.488. The Labute approximate surface area is 168 Å². The summed E-state index contributed by atoms with van der Waals surface area (Å²) in [6, 6.07) is 15.4. The summed E-state index contributed by atoms with van der Waals surface area (Å²) in [5.74, 6) is -0.279. The Bertz CT molecular complexity index is 923. The number of nitrogens with one attached hydrogen (secondary N) is 1. The molecule has 1 N–H and O–H groups in total. The largest absolute Gasteiger partial charge is 0.326 e. The zero-order valence-corrected chi connectivity index (χ0v) is 16.8. The maximum absolute atomic E-state index is 12.6. The molecule has 1 heterocycles. The number of nitrogens with zero attached hydrogens (tertiary/aromatic N) is 1. The molecule has 0 bridgehead atoms. The van der Waals surface area contributed by atoms with Crippen molar-refractivity contribution in [2.24, 2.45) is 0 Å². The summed E-state index contributed by atoms with van der Waals surface area (Å²) in [6.45, 7) is 4.25. The predicted octanol–water partition coefficient (Wildman–Crippen LogP) is 4.53. The zero-order chi connectivity index (χ0) is 19.4. The second-order valence-corrected chi connectivity index (χ2v) is 7.97. The van der Waals surface area contributed by atoms with Crippen molar-refractivity contribution in [3.63, 3.8) is 0 Å². The highest BCUT2D eigenvalue weighted by atomic mass is 32.2. The first kappa shape index (κ1) is 19.3. The highest BCUT2D eigenvalue weighted by Gasteiger charge is 2.32. The van der Waals surface area contributed by atoms with E-state index in [4.69, 9.17) is 12.2 Å². The van der Waals surface area contributed by atoms with Crippen LogP contribution in [0.25, 0.3) is 6.08 Å². The molecule has 1 fully saturated rings. The monoisotopic (exact) mass is 396 g/mol. The summed E-state index contributed by atoms with van der Waals surface area (Å²) >= 11 is 6.60.